The molecule has 0 N–H and O–H groups in total. The fourth-order valence-corrected chi connectivity index (χ4v) is 18.5. The highest BCUT2D eigenvalue weighted by Gasteiger charge is 2.52. The van der Waals surface area contributed by atoms with E-state index < -0.39 is 5.41 Å². The first kappa shape index (κ1) is 79.1. The molecule has 19 aromatic carbocycles. The Kier molecular flexibility index (Phi) is 22.9. The average molecular weight is 1620 g/mol. The average Bonchev–Trinajstić information content (AvgIpc) is 1.50. The first-order valence-corrected chi connectivity index (χ1v) is 43.8. The van der Waals surface area contributed by atoms with Gasteiger partial charge in [-0.1, -0.05) is 485 Å². The van der Waals surface area contributed by atoms with Gasteiger partial charge in [0.1, 0.15) is 0 Å². The second kappa shape index (κ2) is 36.7. The van der Waals surface area contributed by atoms with Crippen molar-refractivity contribution >= 4 is 69.9 Å². The lowest BCUT2D eigenvalue weighted by molar-refractivity contribution is 0.792. The van der Waals surface area contributed by atoms with Crippen LogP contribution in [0.25, 0.3) is 114 Å². The van der Waals surface area contributed by atoms with Crippen LogP contribution in [-0.4, -0.2) is 0 Å². The third kappa shape index (κ3) is 17.0. The Hall–Kier alpha value is -16.4. The molecular weight excluding hydrogens is 1530 g/mol. The van der Waals surface area contributed by atoms with Crippen molar-refractivity contribution in [2.75, 3.05) is 0 Å². The lowest BCUT2D eigenvalue weighted by Crippen LogP contribution is -2.26. The molecule has 21 rings (SSSR count). The largest absolute Gasteiger partial charge is 0.0726 e. The van der Waals surface area contributed by atoms with Gasteiger partial charge >= 0.3 is 0 Å². The topological polar surface area (TPSA) is 0 Å². The molecule has 0 unspecified atom stereocenters. The summed E-state index contributed by atoms with van der Waals surface area (Å²) in [6.45, 7) is 0. The molecule has 0 heterocycles. The Morgan fingerprint density at radius 1 is 0.126 bits per heavy atom. The molecule has 0 heteroatoms. The fourth-order valence-electron chi connectivity index (χ4n) is 18.5. The van der Waals surface area contributed by atoms with E-state index in [0.717, 1.165) is 22.3 Å². The molecule has 0 radical (unpaired) electrons. The molecule has 0 saturated carbocycles. The summed E-state index contributed by atoms with van der Waals surface area (Å²) in [5.74, 6) is 0. The standard InChI is InChI=1S/C81H56.C46H34/c1-9-25-61(26-10-1)73(62-27-11-2-12-28-62)49-57-41-45-69-70-46-42-58(50-74(63-29-13-3-14-30-63)64-31-15-4-16-32-64)54-78(70)81(77(69)53-57)79-55-59(51-75(65-33-17-5-18-34-65)66-35-19-6-20-36-66)43-47-71(79)72-48-44-60(56-80(72)81)52-76(67-37-21-7-22-38-67)68-39-23-8-24-40-68;1-5-13-41(14-6-1)45(42-15-7-2-8-16-42)33-35-21-25-37(26-22-35)39-29-31-40(32-30-39)38-27-23-36(24-28-38)34-46(43-17-9-3-10-18-43)44-19-11-4-12-20-44/h1-56H;1-34H. The summed E-state index contributed by atoms with van der Waals surface area (Å²) in [5.41, 5.74) is 42.6. The first-order valence-electron chi connectivity index (χ1n) is 43.8. The van der Waals surface area contributed by atoms with Crippen molar-refractivity contribution in [1.82, 2.24) is 0 Å². The molecule has 2 aliphatic carbocycles. The van der Waals surface area contributed by atoms with Gasteiger partial charge in [-0.25, -0.2) is 0 Å². The predicted octanol–water partition coefficient (Wildman–Crippen LogP) is 32.6. The zero-order valence-electron chi connectivity index (χ0n) is 70.5. The van der Waals surface area contributed by atoms with Gasteiger partial charge in [-0.3, -0.25) is 0 Å². The highest BCUT2D eigenvalue weighted by Crippen LogP contribution is 2.64. The summed E-state index contributed by atoms with van der Waals surface area (Å²) in [7, 11) is 0. The SMILES string of the molecule is C(=C(c1ccccc1)c1ccccc1)c1ccc(-c2ccc(-c3ccc(C=C(c4ccccc4)c4ccccc4)cc3)cc2)cc1.C(=C(c1ccccc1)c1ccccc1)c1ccc2c(c1)C1(c3cc(C=C(c4ccccc4)c4ccccc4)ccc3-2)c2cc(C=C(c3ccccc3)c3ccccc3)ccc2-c2ccc(C=C(c3ccccc3)c3ccccc3)cc21. The summed E-state index contributed by atoms with van der Waals surface area (Å²) in [5, 5.41) is 0. The summed E-state index contributed by atoms with van der Waals surface area (Å²) in [6, 6.07) is 185. The van der Waals surface area contributed by atoms with Crippen LogP contribution in [0, 0.1) is 0 Å². The van der Waals surface area contributed by atoms with E-state index in [2.05, 4.69) is 546 Å². The molecule has 1 spiro atoms. The van der Waals surface area contributed by atoms with Crippen molar-refractivity contribution in [2.45, 2.75) is 5.41 Å². The number of benzene rings is 19. The van der Waals surface area contributed by atoms with Crippen LogP contribution < -0.4 is 0 Å². The van der Waals surface area contributed by atoms with Gasteiger partial charge in [0, 0.05) is 0 Å². The van der Waals surface area contributed by atoms with Crippen LogP contribution in [0.15, 0.2) is 510 Å². The Labute approximate surface area is 746 Å². The summed E-state index contributed by atoms with van der Waals surface area (Å²) < 4.78 is 0. The Balaban J connectivity index is 0.000000187. The van der Waals surface area contributed by atoms with Crippen molar-refractivity contribution in [3.05, 3.63) is 632 Å². The van der Waals surface area contributed by atoms with Crippen molar-refractivity contribution in [3.8, 4) is 44.5 Å². The molecule has 19 aromatic rings. The van der Waals surface area contributed by atoms with Crippen LogP contribution in [0.4, 0.5) is 0 Å². The fraction of sp³-hybridized carbons (Fsp3) is 0.00787. The van der Waals surface area contributed by atoms with E-state index in [-0.39, 0.29) is 0 Å². The monoisotopic (exact) mass is 1610 g/mol. The van der Waals surface area contributed by atoms with Crippen molar-refractivity contribution < 1.29 is 0 Å². The van der Waals surface area contributed by atoms with Crippen LogP contribution in [-0.2, 0) is 5.41 Å². The molecule has 0 nitrogen and oxygen atoms in total. The molecule has 0 aliphatic heterocycles. The number of rotatable bonds is 20. The molecular formula is C127H90. The predicted molar refractivity (Wildman–Crippen MR) is 539 cm³/mol. The first-order chi connectivity index (χ1) is 62.9. The van der Waals surface area contributed by atoms with Crippen LogP contribution >= 0.6 is 0 Å². The van der Waals surface area contributed by atoms with E-state index >= 15 is 0 Å². The van der Waals surface area contributed by atoms with Gasteiger partial charge in [0.2, 0.25) is 0 Å². The van der Waals surface area contributed by atoms with Crippen molar-refractivity contribution in [1.29, 1.82) is 0 Å². The lowest BCUT2D eigenvalue weighted by Gasteiger charge is -2.31. The van der Waals surface area contributed by atoms with E-state index in [9.17, 15) is 0 Å². The lowest BCUT2D eigenvalue weighted by atomic mass is 9.69. The number of fused-ring (bicyclic) bond motifs is 10. The third-order valence-electron chi connectivity index (χ3n) is 24.6. The van der Waals surface area contributed by atoms with Crippen molar-refractivity contribution in [3.63, 3.8) is 0 Å². The Bertz CT molecular complexity index is 6260. The quantitative estimate of drug-likeness (QED) is 0.0667. The summed E-state index contributed by atoms with van der Waals surface area (Å²) >= 11 is 0. The highest BCUT2D eigenvalue weighted by atomic mass is 14.5. The summed E-state index contributed by atoms with van der Waals surface area (Å²) in [4.78, 5) is 0. The highest BCUT2D eigenvalue weighted by molar-refractivity contribution is 6.02. The van der Waals surface area contributed by atoms with E-state index in [0.29, 0.717) is 0 Å². The number of hydrogen-bond donors (Lipinski definition) is 0. The minimum absolute atomic E-state index is 0.727. The maximum absolute atomic E-state index is 2.51. The van der Waals surface area contributed by atoms with Gasteiger partial charge in [-0.15, -0.1) is 0 Å². The van der Waals surface area contributed by atoms with Gasteiger partial charge in [0.25, 0.3) is 0 Å². The van der Waals surface area contributed by atoms with Gasteiger partial charge in [0.15, 0.2) is 0 Å². The van der Waals surface area contributed by atoms with Crippen LogP contribution in [0.2, 0.25) is 0 Å². The Morgan fingerprint density at radius 2 is 0.252 bits per heavy atom. The van der Waals surface area contributed by atoms with Crippen LogP contribution in [0.3, 0.4) is 0 Å². The smallest absolute Gasteiger partial charge is 0.0622 e. The maximum Gasteiger partial charge on any atom is 0.0726 e. The zero-order valence-corrected chi connectivity index (χ0v) is 70.5. The molecule has 0 saturated heterocycles. The second-order valence-corrected chi connectivity index (χ2v) is 32.5. The summed E-state index contributed by atoms with van der Waals surface area (Å²) in [6.07, 6.45) is 14.1. The van der Waals surface area contributed by atoms with Crippen molar-refractivity contribution in [2.24, 2.45) is 0 Å². The van der Waals surface area contributed by atoms with E-state index in [4.69, 9.17) is 0 Å². The van der Waals surface area contributed by atoms with Gasteiger partial charge in [0.05, 0.1) is 5.41 Å². The van der Waals surface area contributed by atoms with E-state index in [1.807, 2.05) is 0 Å². The molecule has 127 heavy (non-hydrogen) atoms. The van der Waals surface area contributed by atoms with Crippen LogP contribution in [0.1, 0.15) is 122 Å². The number of hydrogen-bond acceptors (Lipinski definition) is 0. The molecule has 0 fully saturated rings. The van der Waals surface area contributed by atoms with Crippen LogP contribution in [0.5, 0.6) is 0 Å². The molecule has 598 valence electrons. The minimum atomic E-state index is -0.727. The molecule has 0 aromatic heterocycles. The van der Waals surface area contributed by atoms with Gasteiger partial charge < -0.3 is 0 Å². The van der Waals surface area contributed by atoms with Gasteiger partial charge in [-0.05, 0) is 261 Å². The van der Waals surface area contributed by atoms with E-state index in [1.54, 1.807) is 0 Å². The minimum Gasteiger partial charge on any atom is -0.0622 e. The van der Waals surface area contributed by atoms with E-state index in [1.165, 1.54) is 178 Å². The molecule has 0 amide bonds. The maximum atomic E-state index is 2.51. The van der Waals surface area contributed by atoms with Gasteiger partial charge in [-0.2, -0.15) is 0 Å². The molecule has 2 aliphatic rings. The molecule has 0 bridgehead atoms. The third-order valence-corrected chi connectivity index (χ3v) is 24.6. The molecule has 0 atom stereocenters. The zero-order chi connectivity index (χ0) is 84.9. The Morgan fingerprint density at radius 3 is 0.402 bits per heavy atom. The second-order valence-electron chi connectivity index (χ2n) is 32.5. The normalized spacial score (nSPS) is 11.5.